The maximum atomic E-state index is 11.7. The molecule has 0 aromatic heterocycles. The Labute approximate surface area is 142 Å². The molecule has 0 radical (unpaired) electrons. The van der Waals surface area contributed by atoms with Gasteiger partial charge in [0.15, 0.2) is 0 Å². The fraction of sp³-hybridized carbons (Fsp3) is 0.625. The molecule has 7 nitrogen and oxygen atoms in total. The summed E-state index contributed by atoms with van der Waals surface area (Å²) >= 11 is 0. The maximum Gasteiger partial charge on any atom is 0.229 e. The summed E-state index contributed by atoms with van der Waals surface area (Å²) in [6.45, 7) is 2.03. The quantitative estimate of drug-likeness (QED) is 0.587. The molecule has 4 N–H and O–H groups in total. The monoisotopic (exact) mass is 359 g/mol. The summed E-state index contributed by atoms with van der Waals surface area (Å²) in [4.78, 5) is 0. The van der Waals surface area contributed by atoms with Gasteiger partial charge in [0.2, 0.25) is 6.29 Å². The van der Waals surface area contributed by atoms with Crippen molar-refractivity contribution in [3.63, 3.8) is 0 Å². The second kappa shape index (κ2) is 7.79. The number of hydrogen-bond acceptors (Lipinski definition) is 7. The molecule has 1 aromatic rings. The summed E-state index contributed by atoms with van der Waals surface area (Å²) in [5, 5.41) is 30.1. The molecule has 0 aliphatic carbocycles. The number of rotatable bonds is 6. The topological polar surface area (TPSA) is 120 Å². The fourth-order valence-corrected chi connectivity index (χ4v) is 3.59. The van der Waals surface area contributed by atoms with E-state index < -0.39 is 40.4 Å². The molecule has 136 valence electrons. The highest BCUT2D eigenvalue weighted by atomic mass is 32.2. The number of ether oxygens (including phenoxy) is 2. The van der Waals surface area contributed by atoms with E-state index in [2.05, 4.69) is 0 Å². The van der Waals surface area contributed by atoms with Crippen LogP contribution in [0.15, 0.2) is 24.3 Å². The number of aliphatic hydroxyl groups is 3. The third kappa shape index (κ3) is 4.67. The van der Waals surface area contributed by atoms with Gasteiger partial charge in [-0.05, 0) is 18.1 Å². The summed E-state index contributed by atoms with van der Waals surface area (Å²) in [5.41, 5.74) is 0.938. The zero-order valence-electron chi connectivity index (χ0n) is 13.8. The van der Waals surface area contributed by atoms with E-state index in [1.165, 1.54) is 6.26 Å². The van der Waals surface area contributed by atoms with Crippen molar-refractivity contribution in [1.29, 1.82) is 4.78 Å². The van der Waals surface area contributed by atoms with Crippen LogP contribution in [0.3, 0.4) is 0 Å². The smallest absolute Gasteiger partial charge is 0.229 e. The minimum absolute atomic E-state index is 0.256. The molecule has 0 bridgehead atoms. The predicted molar refractivity (Wildman–Crippen MR) is 89.4 cm³/mol. The Balaban J connectivity index is 2.19. The zero-order chi connectivity index (χ0) is 17.9. The highest BCUT2D eigenvalue weighted by Gasteiger charge is 2.45. The summed E-state index contributed by atoms with van der Waals surface area (Å²) in [6, 6.07) is 7.30. The summed E-state index contributed by atoms with van der Waals surface area (Å²) < 4.78 is 30.4. The fourth-order valence-electron chi connectivity index (χ4n) is 2.68. The SMILES string of the molecule is CCCc1ccccc1O[C@H]1O[C@H](CS(C)(=N)=O)[C@@H](O)[C@H](O)[C@@H]1O. The van der Waals surface area contributed by atoms with E-state index in [4.69, 9.17) is 14.3 Å². The van der Waals surface area contributed by atoms with Crippen molar-refractivity contribution in [1.82, 2.24) is 0 Å². The minimum Gasteiger partial charge on any atom is -0.462 e. The molecule has 0 spiro atoms. The lowest BCUT2D eigenvalue weighted by Gasteiger charge is -2.40. The third-order valence-electron chi connectivity index (χ3n) is 3.89. The average Bonchev–Trinajstić information content (AvgIpc) is 2.50. The normalized spacial score (nSPS) is 33.0. The summed E-state index contributed by atoms with van der Waals surface area (Å²) in [5.74, 6) is 0.267. The molecule has 0 saturated carbocycles. The molecule has 1 saturated heterocycles. The van der Waals surface area contributed by atoms with Gasteiger partial charge < -0.3 is 24.8 Å². The van der Waals surface area contributed by atoms with Gasteiger partial charge in [0, 0.05) is 16.0 Å². The van der Waals surface area contributed by atoms with Crippen molar-refractivity contribution >= 4 is 9.73 Å². The van der Waals surface area contributed by atoms with Crippen LogP contribution in [0.5, 0.6) is 5.75 Å². The molecule has 6 atom stereocenters. The number of aliphatic hydroxyl groups excluding tert-OH is 3. The zero-order valence-corrected chi connectivity index (χ0v) is 14.6. The van der Waals surface area contributed by atoms with Crippen LogP contribution in [0.4, 0.5) is 0 Å². The lowest BCUT2D eigenvalue weighted by molar-refractivity contribution is -0.267. The highest BCUT2D eigenvalue weighted by Crippen LogP contribution is 2.27. The number of benzene rings is 1. The van der Waals surface area contributed by atoms with E-state index in [-0.39, 0.29) is 5.75 Å². The molecule has 1 aliphatic rings. The van der Waals surface area contributed by atoms with Gasteiger partial charge in [0.1, 0.15) is 30.2 Å². The van der Waals surface area contributed by atoms with Crippen molar-refractivity contribution < 1.29 is 29.0 Å². The van der Waals surface area contributed by atoms with Crippen LogP contribution in [-0.2, 0) is 20.9 Å². The van der Waals surface area contributed by atoms with Crippen molar-refractivity contribution in [2.45, 2.75) is 50.5 Å². The second-order valence-electron chi connectivity index (χ2n) is 6.16. The van der Waals surface area contributed by atoms with Crippen molar-refractivity contribution in [3.8, 4) is 5.75 Å². The number of para-hydroxylation sites is 1. The van der Waals surface area contributed by atoms with Crippen LogP contribution in [0.25, 0.3) is 0 Å². The van der Waals surface area contributed by atoms with E-state index >= 15 is 0 Å². The molecule has 1 aliphatic heterocycles. The molecule has 1 heterocycles. The summed E-state index contributed by atoms with van der Waals surface area (Å²) in [7, 11) is -2.94. The number of hydrogen-bond donors (Lipinski definition) is 4. The number of aryl methyl sites for hydroxylation is 1. The molecule has 1 fully saturated rings. The molecule has 1 unspecified atom stereocenters. The Morgan fingerprint density at radius 2 is 1.88 bits per heavy atom. The van der Waals surface area contributed by atoms with Gasteiger partial charge in [-0.2, -0.15) is 0 Å². The van der Waals surface area contributed by atoms with Crippen molar-refractivity contribution in [3.05, 3.63) is 29.8 Å². The minimum atomic E-state index is -2.94. The molecular weight excluding hydrogens is 334 g/mol. The summed E-state index contributed by atoms with van der Waals surface area (Å²) in [6.07, 6.45) is -3.74. The van der Waals surface area contributed by atoms with Crippen LogP contribution in [0.1, 0.15) is 18.9 Å². The van der Waals surface area contributed by atoms with Crippen LogP contribution in [0.2, 0.25) is 0 Å². The van der Waals surface area contributed by atoms with Crippen LogP contribution < -0.4 is 4.74 Å². The molecule has 2 rings (SSSR count). The Morgan fingerprint density at radius 1 is 1.21 bits per heavy atom. The maximum absolute atomic E-state index is 11.7. The molecule has 8 heteroatoms. The van der Waals surface area contributed by atoms with Gasteiger partial charge >= 0.3 is 0 Å². The molecule has 24 heavy (non-hydrogen) atoms. The van der Waals surface area contributed by atoms with Gasteiger partial charge in [-0.25, -0.2) is 0 Å². The van der Waals surface area contributed by atoms with E-state index in [1.54, 1.807) is 12.1 Å². The van der Waals surface area contributed by atoms with Crippen LogP contribution >= 0.6 is 0 Å². The molecule has 0 amide bonds. The van der Waals surface area contributed by atoms with E-state index in [0.717, 1.165) is 18.4 Å². The average molecular weight is 359 g/mol. The first-order valence-corrected chi connectivity index (χ1v) is 10.0. The van der Waals surface area contributed by atoms with Crippen molar-refractivity contribution in [2.75, 3.05) is 12.0 Å². The Bertz CT molecular complexity index is 650. The molecular formula is C16H25NO6S. The van der Waals surface area contributed by atoms with Gasteiger partial charge in [-0.1, -0.05) is 31.5 Å². The largest absolute Gasteiger partial charge is 0.462 e. The third-order valence-corrected chi connectivity index (χ3v) is 4.85. The van der Waals surface area contributed by atoms with Crippen molar-refractivity contribution in [2.24, 2.45) is 0 Å². The van der Waals surface area contributed by atoms with Crippen LogP contribution in [-0.4, -0.2) is 62.2 Å². The Morgan fingerprint density at radius 3 is 2.50 bits per heavy atom. The van der Waals surface area contributed by atoms with E-state index in [0.29, 0.717) is 5.75 Å². The van der Waals surface area contributed by atoms with Gasteiger partial charge in [-0.15, -0.1) is 0 Å². The highest BCUT2D eigenvalue weighted by molar-refractivity contribution is 7.91. The first-order valence-electron chi connectivity index (χ1n) is 7.88. The van der Waals surface area contributed by atoms with E-state index in [9.17, 15) is 19.5 Å². The van der Waals surface area contributed by atoms with E-state index in [1.807, 2.05) is 19.1 Å². The lowest BCUT2D eigenvalue weighted by atomic mass is 10.00. The second-order valence-corrected chi connectivity index (χ2v) is 8.51. The standard InChI is InChI=1S/C16H25NO6S/c1-3-6-10-7-4-5-8-11(10)22-16-15(20)14(19)13(18)12(23-16)9-24(2,17)21/h4-5,7-8,12-20H,3,6,9H2,1-2H3/t12-,13-,14+,15+,16+,24?/m1/s1. The number of nitrogens with one attached hydrogen (secondary N) is 1. The van der Waals surface area contributed by atoms with Gasteiger partial charge in [0.25, 0.3) is 0 Å². The first kappa shape index (κ1) is 19.1. The lowest BCUT2D eigenvalue weighted by Crippen LogP contribution is -2.60. The predicted octanol–water partition coefficient (Wildman–Crippen LogP) is 0.502. The first-order chi connectivity index (χ1) is 11.2. The van der Waals surface area contributed by atoms with Crippen LogP contribution in [0, 0.1) is 4.78 Å². The Kier molecular flexibility index (Phi) is 6.22. The van der Waals surface area contributed by atoms with Gasteiger partial charge in [0.05, 0.1) is 5.75 Å². The Hall–Kier alpha value is -1.19. The van der Waals surface area contributed by atoms with Gasteiger partial charge in [-0.3, -0.25) is 8.99 Å². The molecule has 1 aromatic carbocycles.